The molecular formula is C13H15ClN4. The lowest BCUT2D eigenvalue weighted by molar-refractivity contribution is 0.721. The summed E-state index contributed by atoms with van der Waals surface area (Å²) in [5.74, 6) is 1.21. The Labute approximate surface area is 111 Å². The average Bonchev–Trinajstić information content (AvgIpc) is 2.39. The number of aromatic nitrogens is 2. The predicted octanol–water partition coefficient (Wildman–Crippen LogP) is 2.91. The van der Waals surface area contributed by atoms with Gasteiger partial charge in [0.15, 0.2) is 5.82 Å². The van der Waals surface area contributed by atoms with Gasteiger partial charge in [0.05, 0.1) is 6.04 Å². The molecular weight excluding hydrogens is 248 g/mol. The van der Waals surface area contributed by atoms with Crippen molar-refractivity contribution in [3.8, 4) is 0 Å². The molecule has 18 heavy (non-hydrogen) atoms. The first-order valence-corrected chi connectivity index (χ1v) is 6.03. The zero-order valence-electron chi connectivity index (χ0n) is 10.3. The van der Waals surface area contributed by atoms with Crippen molar-refractivity contribution < 1.29 is 0 Å². The molecule has 2 aromatic rings. The third kappa shape index (κ3) is 2.71. The maximum Gasteiger partial charge on any atom is 0.151 e. The van der Waals surface area contributed by atoms with E-state index in [0.29, 0.717) is 5.82 Å². The number of nitrogen functional groups attached to an aromatic ring is 1. The summed E-state index contributed by atoms with van der Waals surface area (Å²) < 4.78 is 0. The Hall–Kier alpha value is -1.81. The first-order valence-electron chi connectivity index (χ1n) is 5.65. The molecule has 0 aliphatic rings. The minimum absolute atomic E-state index is 0.181. The van der Waals surface area contributed by atoms with Crippen LogP contribution in [0.5, 0.6) is 0 Å². The van der Waals surface area contributed by atoms with Crippen LogP contribution in [0.3, 0.4) is 0 Å². The largest absolute Gasteiger partial charge is 0.382 e. The van der Waals surface area contributed by atoms with Crippen molar-refractivity contribution >= 4 is 23.2 Å². The summed E-state index contributed by atoms with van der Waals surface area (Å²) in [5, 5.41) is 8.66. The van der Waals surface area contributed by atoms with E-state index in [1.807, 2.05) is 42.3 Å². The third-order valence-electron chi connectivity index (χ3n) is 2.97. The normalized spacial score (nSPS) is 12.2. The molecule has 5 heteroatoms. The van der Waals surface area contributed by atoms with Crippen LogP contribution in [0.25, 0.3) is 0 Å². The molecule has 1 unspecified atom stereocenters. The summed E-state index contributed by atoms with van der Waals surface area (Å²) in [6.45, 7) is 2.10. The first-order chi connectivity index (χ1) is 8.58. The van der Waals surface area contributed by atoms with Gasteiger partial charge in [-0.25, -0.2) is 0 Å². The summed E-state index contributed by atoms with van der Waals surface area (Å²) in [4.78, 5) is 2.04. The van der Waals surface area contributed by atoms with E-state index in [1.165, 1.54) is 5.56 Å². The highest BCUT2D eigenvalue weighted by Gasteiger charge is 2.13. The van der Waals surface area contributed by atoms with E-state index in [1.54, 1.807) is 6.07 Å². The third-order valence-corrected chi connectivity index (χ3v) is 3.22. The van der Waals surface area contributed by atoms with E-state index in [9.17, 15) is 0 Å². The lowest BCUT2D eigenvalue weighted by atomic mass is 10.1. The average molecular weight is 263 g/mol. The van der Waals surface area contributed by atoms with Gasteiger partial charge < -0.3 is 10.6 Å². The van der Waals surface area contributed by atoms with Gasteiger partial charge in [0, 0.05) is 12.1 Å². The summed E-state index contributed by atoms with van der Waals surface area (Å²) in [5.41, 5.74) is 6.69. The van der Waals surface area contributed by atoms with Crippen molar-refractivity contribution in [3.63, 3.8) is 0 Å². The summed E-state index contributed by atoms with van der Waals surface area (Å²) in [6, 6.07) is 11.6. The van der Waals surface area contributed by atoms with Crippen LogP contribution >= 0.6 is 11.6 Å². The quantitative estimate of drug-likeness (QED) is 0.924. The molecule has 0 amide bonds. The maximum absolute atomic E-state index is 5.88. The van der Waals surface area contributed by atoms with Gasteiger partial charge in [-0.1, -0.05) is 23.7 Å². The molecule has 2 rings (SSSR count). The molecule has 0 spiro atoms. The second-order valence-electron chi connectivity index (χ2n) is 4.15. The first kappa shape index (κ1) is 12.6. The highest BCUT2D eigenvalue weighted by Crippen LogP contribution is 2.24. The van der Waals surface area contributed by atoms with Gasteiger partial charge in [-0.2, -0.15) is 0 Å². The Morgan fingerprint density at radius 2 is 1.78 bits per heavy atom. The van der Waals surface area contributed by atoms with Crippen LogP contribution in [0.15, 0.2) is 36.4 Å². The Balaban J connectivity index is 2.20. The minimum atomic E-state index is 0.181. The van der Waals surface area contributed by atoms with Crippen LogP contribution in [0.2, 0.25) is 5.02 Å². The molecule has 0 aliphatic heterocycles. The topological polar surface area (TPSA) is 55.0 Å². The number of halogens is 1. The van der Waals surface area contributed by atoms with E-state index >= 15 is 0 Å². The number of hydrogen-bond donors (Lipinski definition) is 1. The lowest BCUT2D eigenvalue weighted by Gasteiger charge is -2.25. The van der Waals surface area contributed by atoms with E-state index in [0.717, 1.165) is 10.8 Å². The molecule has 94 valence electrons. The van der Waals surface area contributed by atoms with Crippen LogP contribution in [-0.4, -0.2) is 17.2 Å². The highest BCUT2D eigenvalue weighted by atomic mass is 35.5. The Morgan fingerprint density at radius 3 is 2.33 bits per heavy atom. The Bertz CT molecular complexity index is 460. The van der Waals surface area contributed by atoms with Gasteiger partial charge in [-0.05, 0) is 36.8 Å². The molecule has 0 fully saturated rings. The fourth-order valence-corrected chi connectivity index (χ4v) is 1.81. The highest BCUT2D eigenvalue weighted by molar-refractivity contribution is 6.30. The summed E-state index contributed by atoms with van der Waals surface area (Å²) in [7, 11) is 1.97. The van der Waals surface area contributed by atoms with Gasteiger partial charge in [0.2, 0.25) is 0 Å². The predicted molar refractivity (Wildman–Crippen MR) is 74.7 cm³/mol. The molecule has 2 N–H and O–H groups in total. The second kappa shape index (κ2) is 5.23. The zero-order valence-corrected chi connectivity index (χ0v) is 11.1. The van der Waals surface area contributed by atoms with Gasteiger partial charge in [0.1, 0.15) is 5.82 Å². The SMILES string of the molecule is CC(c1ccc(Cl)cc1)N(C)c1ccc(N)nn1. The second-order valence-corrected chi connectivity index (χ2v) is 4.59. The number of benzene rings is 1. The molecule has 0 radical (unpaired) electrons. The maximum atomic E-state index is 5.88. The molecule has 0 bridgehead atoms. The van der Waals surface area contributed by atoms with Gasteiger partial charge in [0.25, 0.3) is 0 Å². The van der Waals surface area contributed by atoms with Gasteiger partial charge >= 0.3 is 0 Å². The van der Waals surface area contributed by atoms with Crippen molar-refractivity contribution in [1.29, 1.82) is 0 Å². The molecule has 0 saturated heterocycles. The molecule has 0 saturated carbocycles. The van der Waals surface area contributed by atoms with Crippen LogP contribution in [-0.2, 0) is 0 Å². The Morgan fingerprint density at radius 1 is 1.11 bits per heavy atom. The van der Waals surface area contributed by atoms with Crippen LogP contribution in [0, 0.1) is 0 Å². The van der Waals surface area contributed by atoms with Crippen molar-refractivity contribution in [2.75, 3.05) is 17.7 Å². The van der Waals surface area contributed by atoms with Gasteiger partial charge in [-0.3, -0.25) is 0 Å². The summed E-state index contributed by atoms with van der Waals surface area (Å²) in [6.07, 6.45) is 0. The molecule has 1 aromatic carbocycles. The standard InChI is InChI=1S/C13H15ClN4/c1-9(10-3-5-11(14)6-4-10)18(2)13-8-7-12(15)16-17-13/h3-9H,1-2H3,(H2,15,16). The number of nitrogens with two attached hydrogens (primary N) is 1. The molecule has 1 atom stereocenters. The zero-order chi connectivity index (χ0) is 13.1. The number of hydrogen-bond acceptors (Lipinski definition) is 4. The van der Waals surface area contributed by atoms with Crippen molar-refractivity contribution in [3.05, 3.63) is 47.0 Å². The van der Waals surface area contributed by atoms with Gasteiger partial charge in [-0.15, -0.1) is 10.2 Å². The lowest BCUT2D eigenvalue weighted by Crippen LogP contribution is -2.22. The Kier molecular flexibility index (Phi) is 3.67. The van der Waals surface area contributed by atoms with Crippen LogP contribution in [0.1, 0.15) is 18.5 Å². The fourth-order valence-electron chi connectivity index (χ4n) is 1.69. The number of nitrogens with zero attached hydrogens (tertiary/aromatic N) is 3. The fraction of sp³-hybridized carbons (Fsp3) is 0.231. The van der Waals surface area contributed by atoms with E-state index in [-0.39, 0.29) is 6.04 Å². The molecule has 0 aliphatic carbocycles. The molecule has 1 aromatic heterocycles. The van der Waals surface area contributed by atoms with E-state index in [2.05, 4.69) is 17.1 Å². The van der Waals surface area contributed by atoms with Crippen LogP contribution < -0.4 is 10.6 Å². The monoisotopic (exact) mass is 262 g/mol. The molecule has 4 nitrogen and oxygen atoms in total. The van der Waals surface area contributed by atoms with E-state index in [4.69, 9.17) is 17.3 Å². The molecule has 1 heterocycles. The van der Waals surface area contributed by atoms with E-state index < -0.39 is 0 Å². The smallest absolute Gasteiger partial charge is 0.151 e. The number of rotatable bonds is 3. The van der Waals surface area contributed by atoms with Crippen molar-refractivity contribution in [2.24, 2.45) is 0 Å². The van der Waals surface area contributed by atoms with Crippen LogP contribution in [0.4, 0.5) is 11.6 Å². The minimum Gasteiger partial charge on any atom is -0.382 e. The summed E-state index contributed by atoms with van der Waals surface area (Å²) >= 11 is 5.88. The van der Waals surface area contributed by atoms with Crippen molar-refractivity contribution in [1.82, 2.24) is 10.2 Å². The number of anilines is 2. The van der Waals surface area contributed by atoms with Crippen molar-refractivity contribution in [2.45, 2.75) is 13.0 Å².